The number of halogens is 1. The second kappa shape index (κ2) is 11.1. The fourth-order valence-electron chi connectivity index (χ4n) is 1.36. The quantitative estimate of drug-likeness (QED) is 0.332. The topological polar surface area (TPSA) is 101 Å². The van der Waals surface area contributed by atoms with Gasteiger partial charge >= 0.3 is 0 Å². The Morgan fingerprint density at radius 1 is 1.20 bits per heavy atom. The van der Waals surface area contributed by atoms with Gasteiger partial charge in [0.05, 0.1) is 6.61 Å². The highest BCUT2D eigenvalue weighted by molar-refractivity contribution is 7.97. The molecule has 5 nitrogen and oxygen atoms in total. The molecule has 0 aliphatic carbocycles. The Bertz CT molecular complexity index is 350. The van der Waals surface area contributed by atoms with Crippen LogP contribution in [0.1, 0.15) is 6.92 Å². The van der Waals surface area contributed by atoms with Gasteiger partial charge in [-0.25, -0.2) is 18.6 Å². The second-order valence-corrected chi connectivity index (χ2v) is 6.49. The summed E-state index contributed by atoms with van der Waals surface area (Å²) >= 11 is 0. The van der Waals surface area contributed by atoms with Crippen LogP contribution in [-0.4, -0.2) is 24.7 Å². The van der Waals surface area contributed by atoms with Crippen LogP contribution in [0.4, 0.5) is 0 Å². The van der Waals surface area contributed by atoms with Gasteiger partial charge < -0.3 is 4.74 Å². The van der Waals surface area contributed by atoms with Crippen molar-refractivity contribution in [2.75, 3.05) is 24.7 Å². The minimum atomic E-state index is -4.94. The van der Waals surface area contributed by atoms with Gasteiger partial charge in [-0.3, -0.25) is 0 Å². The van der Waals surface area contributed by atoms with E-state index in [1.165, 1.54) is 4.90 Å². The SMILES string of the molecule is C=CC[S+](CCOCC)c1ccccc1.[O-][Cl+3]([O-])([O-])[O-]. The molecule has 20 heavy (non-hydrogen) atoms. The van der Waals surface area contributed by atoms with Crippen molar-refractivity contribution < 1.29 is 33.6 Å². The van der Waals surface area contributed by atoms with Crippen LogP contribution in [0.3, 0.4) is 0 Å². The summed E-state index contributed by atoms with van der Waals surface area (Å²) in [6, 6.07) is 10.6. The molecule has 0 saturated heterocycles. The Kier molecular flexibility index (Phi) is 10.8. The van der Waals surface area contributed by atoms with Gasteiger partial charge in [0.2, 0.25) is 0 Å². The Labute approximate surface area is 124 Å². The van der Waals surface area contributed by atoms with Gasteiger partial charge in [0.1, 0.15) is 11.5 Å². The van der Waals surface area contributed by atoms with Crippen LogP contribution in [0.5, 0.6) is 0 Å². The summed E-state index contributed by atoms with van der Waals surface area (Å²) in [6.07, 6.45) is 2.00. The van der Waals surface area contributed by atoms with Gasteiger partial charge in [-0.15, -0.1) is 10.2 Å². The molecule has 7 heteroatoms. The van der Waals surface area contributed by atoms with Crippen LogP contribution < -0.4 is 18.6 Å². The molecule has 1 aromatic carbocycles. The van der Waals surface area contributed by atoms with E-state index in [0.717, 1.165) is 24.7 Å². The maximum atomic E-state index is 8.49. The van der Waals surface area contributed by atoms with Gasteiger partial charge in [-0.1, -0.05) is 24.8 Å². The lowest BCUT2D eigenvalue weighted by molar-refractivity contribution is -2.00. The van der Waals surface area contributed by atoms with E-state index in [9.17, 15) is 0 Å². The average molecular weight is 323 g/mol. The molecule has 0 radical (unpaired) electrons. The lowest BCUT2D eigenvalue weighted by Crippen LogP contribution is -2.68. The van der Waals surface area contributed by atoms with Crippen molar-refractivity contribution in [1.82, 2.24) is 0 Å². The van der Waals surface area contributed by atoms with Crippen molar-refractivity contribution in [3.63, 3.8) is 0 Å². The third-order valence-electron chi connectivity index (χ3n) is 2.07. The molecule has 0 saturated carbocycles. The third kappa shape index (κ3) is 12.4. The summed E-state index contributed by atoms with van der Waals surface area (Å²) in [6.45, 7) is 7.51. The van der Waals surface area contributed by atoms with Crippen molar-refractivity contribution >= 4 is 10.9 Å². The average Bonchev–Trinajstić information content (AvgIpc) is 2.37. The molecule has 0 heterocycles. The predicted octanol–water partition coefficient (Wildman–Crippen LogP) is -1.87. The van der Waals surface area contributed by atoms with E-state index >= 15 is 0 Å². The number of hydrogen-bond donors (Lipinski definition) is 0. The third-order valence-corrected chi connectivity index (χ3v) is 4.31. The van der Waals surface area contributed by atoms with E-state index in [2.05, 4.69) is 36.9 Å². The monoisotopic (exact) mass is 322 g/mol. The van der Waals surface area contributed by atoms with Crippen molar-refractivity contribution in [2.45, 2.75) is 11.8 Å². The standard InChI is InChI=1S/C13H19OS.ClHO4/c1-3-11-15(12-10-14-4-2)13-8-6-5-7-9-13;2-1(3,4)5/h3,5-9H,1,4,10-12H2,2H3;(H,2,3,4,5)/q+1;/p-1. The number of rotatable bonds is 7. The Morgan fingerprint density at radius 2 is 1.75 bits per heavy atom. The van der Waals surface area contributed by atoms with Crippen LogP contribution in [0.2, 0.25) is 0 Å². The maximum absolute atomic E-state index is 8.49. The first-order chi connectivity index (χ1) is 9.38. The van der Waals surface area contributed by atoms with Gasteiger partial charge in [0.25, 0.3) is 0 Å². The molecular formula is C13H19ClO5S. The number of benzene rings is 1. The molecule has 0 fully saturated rings. The summed E-state index contributed by atoms with van der Waals surface area (Å²) < 4.78 is 39.4. The molecule has 0 aromatic heterocycles. The van der Waals surface area contributed by atoms with Crippen molar-refractivity contribution in [1.29, 1.82) is 0 Å². The normalized spacial score (nSPS) is 12.2. The van der Waals surface area contributed by atoms with E-state index in [0.29, 0.717) is 0 Å². The largest absolute Gasteiger partial charge is 0.377 e. The van der Waals surface area contributed by atoms with E-state index in [1.807, 2.05) is 13.0 Å². The van der Waals surface area contributed by atoms with Crippen molar-refractivity contribution in [3.05, 3.63) is 43.0 Å². The minimum absolute atomic E-state index is 0.268. The Hall–Kier alpha value is -0.600. The molecule has 0 bridgehead atoms. The summed E-state index contributed by atoms with van der Waals surface area (Å²) in [5.74, 6) is 2.15. The lowest BCUT2D eigenvalue weighted by atomic mass is 10.4. The smallest absolute Gasteiger partial charge is 0.155 e. The Balaban J connectivity index is 0.000000621. The van der Waals surface area contributed by atoms with E-state index in [1.54, 1.807) is 0 Å². The summed E-state index contributed by atoms with van der Waals surface area (Å²) in [5.41, 5.74) is 0. The number of hydrogen-bond acceptors (Lipinski definition) is 5. The zero-order valence-electron chi connectivity index (χ0n) is 11.3. The maximum Gasteiger partial charge on any atom is 0.155 e. The first kappa shape index (κ1) is 19.4. The second-order valence-electron chi connectivity index (χ2n) is 3.54. The highest BCUT2D eigenvalue weighted by Gasteiger charge is 2.18. The summed E-state index contributed by atoms with van der Waals surface area (Å²) in [5, 5.41) is 0. The van der Waals surface area contributed by atoms with Gasteiger partial charge in [-0.05, 0) is 25.1 Å². The Morgan fingerprint density at radius 3 is 2.20 bits per heavy atom. The number of ether oxygens (including phenoxy) is 1. The van der Waals surface area contributed by atoms with Gasteiger partial charge in [0.15, 0.2) is 4.90 Å². The summed E-state index contributed by atoms with van der Waals surface area (Å²) in [7, 11) is -4.68. The van der Waals surface area contributed by atoms with Crippen LogP contribution in [0, 0.1) is 10.2 Å². The molecule has 0 aliphatic rings. The minimum Gasteiger partial charge on any atom is -0.377 e. The molecule has 0 aliphatic heterocycles. The molecular weight excluding hydrogens is 304 g/mol. The van der Waals surface area contributed by atoms with E-state index < -0.39 is 10.2 Å². The van der Waals surface area contributed by atoms with E-state index in [-0.39, 0.29) is 10.9 Å². The van der Waals surface area contributed by atoms with Crippen LogP contribution in [0.25, 0.3) is 0 Å². The van der Waals surface area contributed by atoms with Crippen molar-refractivity contribution in [3.8, 4) is 0 Å². The fraction of sp³-hybridized carbons (Fsp3) is 0.385. The van der Waals surface area contributed by atoms with Crippen molar-refractivity contribution in [2.24, 2.45) is 0 Å². The van der Waals surface area contributed by atoms with E-state index in [4.69, 9.17) is 23.4 Å². The molecule has 0 amide bonds. The van der Waals surface area contributed by atoms with Gasteiger partial charge in [0, 0.05) is 17.5 Å². The highest BCUT2D eigenvalue weighted by atomic mass is 35.7. The van der Waals surface area contributed by atoms with Crippen LogP contribution >= 0.6 is 0 Å². The molecule has 114 valence electrons. The van der Waals surface area contributed by atoms with Crippen LogP contribution in [-0.2, 0) is 15.6 Å². The molecule has 1 rings (SSSR count). The van der Waals surface area contributed by atoms with Gasteiger partial charge in [-0.2, -0.15) is 0 Å². The zero-order valence-corrected chi connectivity index (χ0v) is 12.9. The molecule has 0 spiro atoms. The molecule has 1 atom stereocenters. The first-order valence-electron chi connectivity index (χ1n) is 5.91. The van der Waals surface area contributed by atoms with Crippen LogP contribution in [0.15, 0.2) is 47.9 Å². The molecule has 1 aromatic rings. The lowest BCUT2D eigenvalue weighted by Gasteiger charge is -2.17. The molecule has 0 N–H and O–H groups in total. The summed E-state index contributed by atoms with van der Waals surface area (Å²) in [4.78, 5) is 1.41. The molecule has 1 unspecified atom stereocenters. The first-order valence-corrected chi connectivity index (χ1v) is 8.71. The zero-order chi connectivity index (χ0) is 15.4. The fourth-order valence-corrected chi connectivity index (χ4v) is 3.10. The predicted molar refractivity (Wildman–Crippen MR) is 68.5 cm³/mol. The highest BCUT2D eigenvalue weighted by Crippen LogP contribution is 2.13.